The minimum Gasteiger partial charge on any atom is -0.481 e. The highest BCUT2D eigenvalue weighted by molar-refractivity contribution is 5.77. The summed E-state index contributed by atoms with van der Waals surface area (Å²) >= 11 is 0. The molecule has 1 aromatic rings. The molecule has 2 saturated heterocycles. The summed E-state index contributed by atoms with van der Waals surface area (Å²) in [6.45, 7) is 2.89. The van der Waals surface area contributed by atoms with Gasteiger partial charge in [-0.1, -0.05) is 12.8 Å². The summed E-state index contributed by atoms with van der Waals surface area (Å²) in [7, 11) is 3.22. The second-order valence-corrected chi connectivity index (χ2v) is 7.16. The second-order valence-electron chi connectivity index (χ2n) is 7.16. The first-order chi connectivity index (χ1) is 12.7. The number of likely N-dealkylation sites (tertiary alicyclic amines) is 1. The normalized spacial score (nSPS) is 22.2. The molecular formula is C19H30N4O3. The van der Waals surface area contributed by atoms with Gasteiger partial charge in [0.1, 0.15) is 6.61 Å². The molecular weight excluding hydrogens is 332 g/mol. The predicted molar refractivity (Wildman–Crippen MR) is 99.4 cm³/mol. The van der Waals surface area contributed by atoms with Crippen LogP contribution in [0.1, 0.15) is 38.5 Å². The third-order valence-electron chi connectivity index (χ3n) is 5.58. The maximum Gasteiger partial charge on any atom is 0.248 e. The van der Waals surface area contributed by atoms with Crippen molar-refractivity contribution in [3.05, 3.63) is 12.3 Å². The van der Waals surface area contributed by atoms with E-state index in [2.05, 4.69) is 19.8 Å². The molecule has 1 atom stereocenters. The van der Waals surface area contributed by atoms with Gasteiger partial charge in [0.25, 0.3) is 0 Å². The highest BCUT2D eigenvalue weighted by Crippen LogP contribution is 2.31. The van der Waals surface area contributed by atoms with Crippen LogP contribution in [-0.4, -0.2) is 67.3 Å². The lowest BCUT2D eigenvalue weighted by Gasteiger charge is -2.40. The molecule has 1 amide bonds. The van der Waals surface area contributed by atoms with E-state index in [0.29, 0.717) is 17.8 Å². The monoisotopic (exact) mass is 362 g/mol. The quantitative estimate of drug-likeness (QED) is 0.799. The van der Waals surface area contributed by atoms with E-state index in [0.717, 1.165) is 51.3 Å². The molecule has 0 bridgehead atoms. The summed E-state index contributed by atoms with van der Waals surface area (Å²) in [4.78, 5) is 25.7. The minimum absolute atomic E-state index is 0.137. The van der Waals surface area contributed by atoms with Gasteiger partial charge in [0.15, 0.2) is 0 Å². The summed E-state index contributed by atoms with van der Waals surface area (Å²) in [6.07, 6.45) is 8.48. The van der Waals surface area contributed by atoms with Gasteiger partial charge >= 0.3 is 0 Å². The zero-order valence-electron chi connectivity index (χ0n) is 15.9. The first-order valence-corrected chi connectivity index (χ1v) is 9.63. The number of rotatable bonds is 5. The van der Waals surface area contributed by atoms with Gasteiger partial charge in [0.2, 0.25) is 17.7 Å². The third-order valence-corrected chi connectivity index (χ3v) is 5.58. The number of piperidine rings is 1. The Morgan fingerprint density at radius 3 is 2.69 bits per heavy atom. The van der Waals surface area contributed by atoms with Crippen molar-refractivity contribution in [2.45, 2.75) is 44.6 Å². The number of ether oxygens (including phenoxy) is 2. The summed E-state index contributed by atoms with van der Waals surface area (Å²) in [6, 6.07) is 2.11. The van der Waals surface area contributed by atoms with E-state index in [1.54, 1.807) is 26.5 Å². The van der Waals surface area contributed by atoms with Crippen LogP contribution in [0, 0.1) is 5.92 Å². The molecule has 0 aliphatic carbocycles. The third kappa shape index (κ3) is 4.44. The molecule has 0 aromatic carbocycles. The van der Waals surface area contributed by atoms with Gasteiger partial charge in [0.05, 0.1) is 7.11 Å². The number of hydrogen-bond donors (Lipinski definition) is 0. The Kier molecular flexibility index (Phi) is 6.66. The smallest absolute Gasteiger partial charge is 0.248 e. The SMILES string of the molecule is COCC(=O)N1CCCCC[C@@H]1C1CCN(c2nccc(OC)n2)CC1. The predicted octanol–water partition coefficient (Wildman–Crippen LogP) is 2.12. The van der Waals surface area contributed by atoms with Crippen molar-refractivity contribution in [1.82, 2.24) is 14.9 Å². The molecule has 7 nitrogen and oxygen atoms in total. The lowest BCUT2D eigenvalue weighted by atomic mass is 9.86. The largest absolute Gasteiger partial charge is 0.481 e. The van der Waals surface area contributed by atoms with Gasteiger partial charge in [-0.05, 0) is 31.6 Å². The molecule has 3 rings (SSSR count). The molecule has 2 fully saturated rings. The fourth-order valence-electron chi connectivity index (χ4n) is 4.22. The number of nitrogens with zero attached hydrogens (tertiary/aromatic N) is 4. The Labute approximate surface area is 155 Å². The number of aromatic nitrogens is 2. The van der Waals surface area contributed by atoms with Gasteiger partial charge in [-0.15, -0.1) is 0 Å². The number of amides is 1. The fraction of sp³-hybridized carbons (Fsp3) is 0.737. The van der Waals surface area contributed by atoms with Crippen molar-refractivity contribution in [3.8, 4) is 5.88 Å². The van der Waals surface area contributed by atoms with E-state index in [1.807, 2.05) is 0 Å². The van der Waals surface area contributed by atoms with Gasteiger partial charge in [-0.2, -0.15) is 4.98 Å². The summed E-state index contributed by atoms with van der Waals surface area (Å²) in [5, 5.41) is 0. The maximum atomic E-state index is 12.5. The Morgan fingerprint density at radius 1 is 1.15 bits per heavy atom. The van der Waals surface area contributed by atoms with Crippen LogP contribution in [0.2, 0.25) is 0 Å². The van der Waals surface area contributed by atoms with Crippen LogP contribution in [0.25, 0.3) is 0 Å². The Bertz CT molecular complexity index is 590. The first-order valence-electron chi connectivity index (χ1n) is 9.63. The Balaban J connectivity index is 1.64. The van der Waals surface area contributed by atoms with Crippen LogP contribution in [0.5, 0.6) is 5.88 Å². The van der Waals surface area contributed by atoms with E-state index < -0.39 is 0 Å². The van der Waals surface area contributed by atoms with Crippen molar-refractivity contribution in [3.63, 3.8) is 0 Å². The number of methoxy groups -OCH3 is 2. The minimum atomic E-state index is 0.137. The molecule has 2 aliphatic rings. The lowest BCUT2D eigenvalue weighted by molar-refractivity contribution is -0.138. The van der Waals surface area contributed by atoms with Gasteiger partial charge in [0, 0.05) is 45.0 Å². The number of carbonyl (C=O) groups excluding carboxylic acids is 1. The average Bonchev–Trinajstić information content (AvgIpc) is 2.94. The Morgan fingerprint density at radius 2 is 1.96 bits per heavy atom. The first kappa shape index (κ1) is 18.9. The number of anilines is 1. The van der Waals surface area contributed by atoms with Crippen molar-refractivity contribution >= 4 is 11.9 Å². The van der Waals surface area contributed by atoms with E-state index in [1.165, 1.54) is 12.8 Å². The molecule has 3 heterocycles. The zero-order valence-corrected chi connectivity index (χ0v) is 15.9. The highest BCUT2D eigenvalue weighted by Gasteiger charge is 2.34. The standard InChI is InChI=1S/C19H30N4O3/c1-25-14-18(24)23-11-5-3-4-6-16(23)15-8-12-22(13-9-15)19-20-10-7-17(21-19)26-2/h7,10,15-16H,3-6,8-9,11-14H2,1-2H3/t16-/m1/s1. The Hall–Kier alpha value is -1.89. The summed E-state index contributed by atoms with van der Waals surface area (Å²) < 4.78 is 10.3. The summed E-state index contributed by atoms with van der Waals surface area (Å²) in [5.41, 5.74) is 0. The van der Waals surface area contributed by atoms with Crippen molar-refractivity contribution in [2.24, 2.45) is 5.92 Å². The molecule has 0 radical (unpaired) electrons. The fourth-order valence-corrected chi connectivity index (χ4v) is 4.22. The average molecular weight is 362 g/mol. The van der Waals surface area contributed by atoms with Crippen molar-refractivity contribution < 1.29 is 14.3 Å². The molecule has 2 aliphatic heterocycles. The molecule has 0 N–H and O–H groups in total. The second kappa shape index (κ2) is 9.16. The van der Waals surface area contributed by atoms with Crippen LogP contribution in [0.15, 0.2) is 12.3 Å². The molecule has 144 valence electrons. The van der Waals surface area contributed by atoms with Crippen molar-refractivity contribution in [1.29, 1.82) is 0 Å². The van der Waals surface area contributed by atoms with Gasteiger partial charge in [-0.25, -0.2) is 4.98 Å². The lowest BCUT2D eigenvalue weighted by Crippen LogP contribution is -2.49. The highest BCUT2D eigenvalue weighted by atomic mass is 16.5. The van der Waals surface area contributed by atoms with Crippen LogP contribution in [0.4, 0.5) is 5.95 Å². The molecule has 26 heavy (non-hydrogen) atoms. The number of carbonyl (C=O) groups is 1. The molecule has 7 heteroatoms. The van der Waals surface area contributed by atoms with E-state index in [-0.39, 0.29) is 12.5 Å². The van der Waals surface area contributed by atoms with Crippen LogP contribution in [0.3, 0.4) is 0 Å². The number of hydrogen-bond acceptors (Lipinski definition) is 6. The van der Waals surface area contributed by atoms with Gasteiger partial charge < -0.3 is 19.3 Å². The topological polar surface area (TPSA) is 67.8 Å². The zero-order chi connectivity index (χ0) is 18.4. The molecule has 0 saturated carbocycles. The van der Waals surface area contributed by atoms with Crippen molar-refractivity contribution in [2.75, 3.05) is 45.4 Å². The van der Waals surface area contributed by atoms with Gasteiger partial charge in [-0.3, -0.25) is 4.79 Å². The van der Waals surface area contributed by atoms with E-state index in [9.17, 15) is 4.79 Å². The maximum absolute atomic E-state index is 12.5. The molecule has 1 aromatic heterocycles. The van der Waals surface area contributed by atoms with Crippen LogP contribution >= 0.6 is 0 Å². The van der Waals surface area contributed by atoms with E-state index >= 15 is 0 Å². The van der Waals surface area contributed by atoms with Crippen LogP contribution in [-0.2, 0) is 9.53 Å². The summed E-state index contributed by atoms with van der Waals surface area (Å²) in [5.74, 6) is 2.00. The van der Waals surface area contributed by atoms with Crippen LogP contribution < -0.4 is 9.64 Å². The molecule has 0 unspecified atom stereocenters. The molecule has 0 spiro atoms. The van der Waals surface area contributed by atoms with E-state index in [4.69, 9.17) is 9.47 Å².